The minimum atomic E-state index is -0.297. The Morgan fingerprint density at radius 1 is 1.10 bits per heavy atom. The highest BCUT2D eigenvalue weighted by Gasteiger charge is 2.15. The van der Waals surface area contributed by atoms with E-state index in [4.69, 9.17) is 21.1 Å². The summed E-state index contributed by atoms with van der Waals surface area (Å²) in [5.74, 6) is 1.42. The SMILES string of the molecule is Cc1ccc(OCCOc2ccc(Cl)cc2/C=N/NC(=O)NC2CCCCC2)cc1. The van der Waals surface area contributed by atoms with Crippen LogP contribution in [0.15, 0.2) is 47.6 Å². The van der Waals surface area contributed by atoms with E-state index in [-0.39, 0.29) is 12.1 Å². The molecule has 0 bridgehead atoms. The van der Waals surface area contributed by atoms with Gasteiger partial charge in [-0.1, -0.05) is 48.6 Å². The zero-order chi connectivity index (χ0) is 21.2. The number of hydrazone groups is 1. The van der Waals surface area contributed by atoms with Gasteiger partial charge in [0.2, 0.25) is 0 Å². The van der Waals surface area contributed by atoms with Crippen LogP contribution in [-0.2, 0) is 0 Å². The first kappa shape index (κ1) is 22.0. The number of ether oxygens (including phenoxy) is 2. The second-order valence-corrected chi connectivity index (χ2v) is 7.81. The number of benzene rings is 2. The first-order valence-electron chi connectivity index (χ1n) is 10.3. The van der Waals surface area contributed by atoms with Crippen molar-refractivity contribution in [1.82, 2.24) is 10.7 Å². The van der Waals surface area contributed by atoms with Crippen molar-refractivity contribution in [3.63, 3.8) is 0 Å². The van der Waals surface area contributed by atoms with Gasteiger partial charge in [0, 0.05) is 16.6 Å². The molecule has 0 saturated heterocycles. The molecule has 2 aromatic carbocycles. The van der Waals surface area contributed by atoms with Crippen LogP contribution in [0.5, 0.6) is 11.5 Å². The Morgan fingerprint density at radius 3 is 2.60 bits per heavy atom. The van der Waals surface area contributed by atoms with Crippen LogP contribution in [0.2, 0.25) is 5.02 Å². The van der Waals surface area contributed by atoms with E-state index in [9.17, 15) is 4.79 Å². The van der Waals surface area contributed by atoms with Crippen molar-refractivity contribution in [1.29, 1.82) is 0 Å². The molecule has 0 aliphatic heterocycles. The number of carbonyl (C=O) groups excluding carboxylic acids is 1. The van der Waals surface area contributed by atoms with Crippen molar-refractivity contribution in [3.8, 4) is 11.5 Å². The highest BCUT2D eigenvalue weighted by Crippen LogP contribution is 2.22. The quantitative estimate of drug-likeness (QED) is 0.349. The average Bonchev–Trinajstić information content (AvgIpc) is 2.74. The third kappa shape index (κ3) is 7.26. The second kappa shape index (κ2) is 11.5. The third-order valence-corrected chi connectivity index (χ3v) is 5.15. The normalized spacial score (nSPS) is 14.5. The van der Waals surface area contributed by atoms with Crippen LogP contribution in [0.3, 0.4) is 0 Å². The Balaban J connectivity index is 1.48. The summed E-state index contributed by atoms with van der Waals surface area (Å²) in [4.78, 5) is 12.0. The van der Waals surface area contributed by atoms with E-state index in [1.165, 1.54) is 18.2 Å². The van der Waals surface area contributed by atoms with E-state index in [2.05, 4.69) is 15.8 Å². The monoisotopic (exact) mass is 429 g/mol. The summed E-state index contributed by atoms with van der Waals surface area (Å²) in [6, 6.07) is 13.1. The molecule has 0 atom stereocenters. The molecule has 2 N–H and O–H groups in total. The van der Waals surface area contributed by atoms with Crippen molar-refractivity contribution in [3.05, 3.63) is 58.6 Å². The van der Waals surface area contributed by atoms with Gasteiger partial charge in [0.15, 0.2) is 0 Å². The predicted molar refractivity (Wildman–Crippen MR) is 120 cm³/mol. The number of aryl methyl sites for hydroxylation is 1. The summed E-state index contributed by atoms with van der Waals surface area (Å²) in [6.45, 7) is 2.81. The molecular formula is C23H28ClN3O3. The first-order valence-corrected chi connectivity index (χ1v) is 10.7. The molecule has 160 valence electrons. The van der Waals surface area contributed by atoms with Crippen LogP contribution >= 0.6 is 11.6 Å². The van der Waals surface area contributed by atoms with E-state index >= 15 is 0 Å². The fourth-order valence-electron chi connectivity index (χ4n) is 3.32. The Morgan fingerprint density at radius 2 is 1.83 bits per heavy atom. The lowest BCUT2D eigenvalue weighted by atomic mass is 9.96. The van der Waals surface area contributed by atoms with Crippen LogP contribution in [0.25, 0.3) is 0 Å². The summed E-state index contributed by atoms with van der Waals surface area (Å²) in [5, 5.41) is 7.55. The lowest BCUT2D eigenvalue weighted by Gasteiger charge is -2.22. The number of urea groups is 1. The fraction of sp³-hybridized carbons (Fsp3) is 0.391. The number of hydrogen-bond donors (Lipinski definition) is 2. The van der Waals surface area contributed by atoms with Crippen molar-refractivity contribution < 1.29 is 14.3 Å². The number of rotatable bonds is 8. The van der Waals surface area contributed by atoms with Crippen molar-refractivity contribution in [2.24, 2.45) is 5.10 Å². The van der Waals surface area contributed by atoms with Crippen LogP contribution in [0.1, 0.15) is 43.2 Å². The molecule has 6 nitrogen and oxygen atoms in total. The second-order valence-electron chi connectivity index (χ2n) is 7.37. The van der Waals surface area contributed by atoms with Crippen LogP contribution < -0.4 is 20.2 Å². The fourth-order valence-corrected chi connectivity index (χ4v) is 3.50. The van der Waals surface area contributed by atoms with Crippen LogP contribution in [-0.4, -0.2) is 31.5 Å². The molecular weight excluding hydrogens is 402 g/mol. The smallest absolute Gasteiger partial charge is 0.335 e. The molecule has 3 rings (SSSR count). The highest BCUT2D eigenvalue weighted by molar-refractivity contribution is 6.30. The van der Waals surface area contributed by atoms with Gasteiger partial charge in [-0.05, 0) is 50.1 Å². The number of amides is 2. The van der Waals surface area contributed by atoms with E-state index in [0.717, 1.165) is 31.4 Å². The molecule has 0 aromatic heterocycles. The number of nitrogens with one attached hydrogen (secondary N) is 2. The van der Waals surface area contributed by atoms with Crippen LogP contribution in [0, 0.1) is 6.92 Å². The summed E-state index contributed by atoms with van der Waals surface area (Å²) < 4.78 is 11.5. The molecule has 0 spiro atoms. The van der Waals surface area contributed by atoms with Crippen molar-refractivity contribution in [2.75, 3.05) is 13.2 Å². The maximum atomic E-state index is 12.0. The first-order chi connectivity index (χ1) is 14.6. The average molecular weight is 430 g/mol. The van der Waals surface area contributed by atoms with E-state index in [1.807, 2.05) is 31.2 Å². The highest BCUT2D eigenvalue weighted by atomic mass is 35.5. The lowest BCUT2D eigenvalue weighted by Crippen LogP contribution is -2.41. The van der Waals surface area contributed by atoms with Gasteiger partial charge in [-0.3, -0.25) is 0 Å². The molecule has 2 aromatic rings. The largest absolute Gasteiger partial charge is 0.490 e. The standard InChI is InChI=1S/C23H28ClN3O3/c1-17-7-10-21(11-8-17)29-13-14-30-22-12-9-19(24)15-18(22)16-25-27-23(28)26-20-5-3-2-4-6-20/h7-12,15-16,20H,2-6,13-14H2,1H3,(H2,26,27,28)/b25-16+. The molecule has 1 saturated carbocycles. The summed E-state index contributed by atoms with van der Waals surface area (Å²) in [7, 11) is 0. The number of halogens is 1. The number of nitrogens with zero attached hydrogens (tertiary/aromatic N) is 1. The van der Waals surface area contributed by atoms with Crippen LogP contribution in [0.4, 0.5) is 4.79 Å². The van der Waals surface area contributed by atoms with Crippen molar-refractivity contribution in [2.45, 2.75) is 45.1 Å². The van der Waals surface area contributed by atoms with Gasteiger partial charge in [0.1, 0.15) is 24.7 Å². The van der Waals surface area contributed by atoms with Gasteiger partial charge in [-0.25, -0.2) is 10.2 Å². The molecule has 0 unspecified atom stereocenters. The lowest BCUT2D eigenvalue weighted by molar-refractivity contribution is 0.217. The summed E-state index contributed by atoms with van der Waals surface area (Å²) >= 11 is 6.10. The van der Waals surface area contributed by atoms with E-state index in [1.54, 1.807) is 18.2 Å². The Bertz CT molecular complexity index is 849. The molecule has 1 aliphatic rings. The van der Waals surface area contributed by atoms with Crippen molar-refractivity contribution >= 4 is 23.8 Å². The minimum absolute atomic E-state index is 0.229. The predicted octanol–water partition coefficient (Wildman–Crippen LogP) is 5.07. The Labute approximate surface area is 182 Å². The third-order valence-electron chi connectivity index (χ3n) is 4.91. The van der Waals surface area contributed by atoms with E-state index < -0.39 is 0 Å². The molecule has 0 radical (unpaired) electrons. The zero-order valence-electron chi connectivity index (χ0n) is 17.2. The maximum absolute atomic E-state index is 12.0. The molecule has 2 amide bonds. The summed E-state index contributed by atoms with van der Waals surface area (Å²) in [6.07, 6.45) is 7.13. The van der Waals surface area contributed by atoms with Gasteiger partial charge in [0.25, 0.3) is 0 Å². The molecule has 0 heterocycles. The number of carbonyl (C=O) groups is 1. The Kier molecular flexibility index (Phi) is 8.39. The van der Waals surface area contributed by atoms with Gasteiger partial charge in [0.05, 0.1) is 6.21 Å². The topological polar surface area (TPSA) is 72.0 Å². The zero-order valence-corrected chi connectivity index (χ0v) is 18.0. The van der Waals surface area contributed by atoms with E-state index in [0.29, 0.717) is 29.5 Å². The van der Waals surface area contributed by atoms with Gasteiger partial charge < -0.3 is 14.8 Å². The maximum Gasteiger partial charge on any atom is 0.335 e. The molecule has 30 heavy (non-hydrogen) atoms. The molecule has 1 aliphatic carbocycles. The van der Waals surface area contributed by atoms with Gasteiger partial charge in [-0.2, -0.15) is 5.10 Å². The Hall–Kier alpha value is -2.73. The van der Waals surface area contributed by atoms with Gasteiger partial charge >= 0.3 is 6.03 Å². The minimum Gasteiger partial charge on any atom is -0.490 e. The summed E-state index contributed by atoms with van der Waals surface area (Å²) in [5.41, 5.74) is 4.38. The molecule has 7 heteroatoms. The van der Waals surface area contributed by atoms with Gasteiger partial charge in [-0.15, -0.1) is 0 Å². The number of hydrogen-bond acceptors (Lipinski definition) is 4. The molecule has 1 fully saturated rings.